The fraction of sp³-hybridized carbons (Fsp3) is 0.185. The van der Waals surface area contributed by atoms with Crippen LogP contribution in [-0.4, -0.2) is 27.3 Å². The van der Waals surface area contributed by atoms with E-state index in [1.165, 1.54) is 26.2 Å². The van der Waals surface area contributed by atoms with Crippen LogP contribution >= 0.6 is 0 Å². The summed E-state index contributed by atoms with van der Waals surface area (Å²) in [5.74, 6) is 1.26. The molecule has 0 aliphatic rings. The van der Waals surface area contributed by atoms with Crippen LogP contribution in [0.1, 0.15) is 12.5 Å². The van der Waals surface area contributed by atoms with Gasteiger partial charge >= 0.3 is 5.69 Å². The molecular weight excluding hydrogens is 506 g/mol. The van der Waals surface area contributed by atoms with Crippen LogP contribution in [0.5, 0.6) is 17.2 Å². The van der Waals surface area contributed by atoms with Crippen molar-refractivity contribution in [3.63, 3.8) is 0 Å². The van der Waals surface area contributed by atoms with Gasteiger partial charge in [0, 0.05) is 39.0 Å². The summed E-state index contributed by atoms with van der Waals surface area (Å²) in [5, 5.41) is 4.06. The molecule has 5 aromatic rings. The van der Waals surface area contributed by atoms with Gasteiger partial charge in [0.15, 0.2) is 5.75 Å². The largest absolute Gasteiger partial charge is 0.489 e. The maximum Gasteiger partial charge on any atom is 0.328 e. The van der Waals surface area contributed by atoms with Gasteiger partial charge in [0.1, 0.15) is 23.0 Å². The molecule has 5 rings (SSSR count). The number of aromatic nitrogens is 4. The van der Waals surface area contributed by atoms with Crippen LogP contribution in [0.3, 0.4) is 0 Å². The zero-order valence-corrected chi connectivity index (χ0v) is 22.0. The van der Waals surface area contributed by atoms with E-state index in [4.69, 9.17) is 9.47 Å². The molecule has 3 aromatic carbocycles. The van der Waals surface area contributed by atoms with Crippen molar-refractivity contribution in [1.29, 1.82) is 0 Å². The van der Waals surface area contributed by atoms with Crippen LogP contribution in [0, 0.1) is 0 Å². The SMILES string of the molecule is CCn1cc(S(=O)(=O)Nc2cc3c(cc2Oc2cccc(OCc4ccccc4)c2)n(C)c(=O)n3C)cn1. The molecule has 0 saturated carbocycles. The van der Waals surface area contributed by atoms with Crippen molar-refractivity contribution >= 4 is 26.7 Å². The number of aryl methyl sites for hydroxylation is 3. The highest BCUT2D eigenvalue weighted by Gasteiger charge is 2.21. The van der Waals surface area contributed by atoms with Crippen molar-refractivity contribution in [3.05, 3.63) is 95.2 Å². The smallest absolute Gasteiger partial charge is 0.328 e. The van der Waals surface area contributed by atoms with E-state index in [-0.39, 0.29) is 22.0 Å². The quantitative estimate of drug-likeness (QED) is 0.303. The third kappa shape index (κ3) is 5.00. The van der Waals surface area contributed by atoms with Gasteiger partial charge < -0.3 is 9.47 Å². The molecule has 0 aliphatic carbocycles. The van der Waals surface area contributed by atoms with Gasteiger partial charge in [-0.2, -0.15) is 5.10 Å². The Balaban J connectivity index is 1.50. The highest BCUT2D eigenvalue weighted by molar-refractivity contribution is 7.92. The maximum absolute atomic E-state index is 13.2. The Hall–Kier alpha value is -4.51. The molecule has 1 N–H and O–H groups in total. The van der Waals surface area contributed by atoms with Gasteiger partial charge in [-0.15, -0.1) is 0 Å². The molecule has 11 heteroatoms. The summed E-state index contributed by atoms with van der Waals surface area (Å²) in [6.45, 7) is 2.79. The Morgan fingerprint density at radius 3 is 2.34 bits per heavy atom. The number of rotatable bonds is 9. The van der Waals surface area contributed by atoms with E-state index in [1.54, 1.807) is 44.4 Å². The number of benzene rings is 3. The molecule has 0 amide bonds. The van der Waals surface area contributed by atoms with Gasteiger partial charge in [0.2, 0.25) is 0 Å². The van der Waals surface area contributed by atoms with Crippen LogP contribution in [0.15, 0.2) is 88.8 Å². The number of ether oxygens (including phenoxy) is 2. The van der Waals surface area contributed by atoms with Crippen LogP contribution in [0.4, 0.5) is 5.69 Å². The Labute approximate surface area is 219 Å². The zero-order valence-electron chi connectivity index (χ0n) is 21.2. The Bertz CT molecular complexity index is 1770. The molecule has 10 nitrogen and oxygen atoms in total. The number of fused-ring (bicyclic) bond motifs is 1. The van der Waals surface area contributed by atoms with Crippen molar-refractivity contribution in [2.45, 2.75) is 25.0 Å². The lowest BCUT2D eigenvalue weighted by molar-refractivity contribution is 0.304. The molecule has 38 heavy (non-hydrogen) atoms. The second-order valence-corrected chi connectivity index (χ2v) is 10.4. The Morgan fingerprint density at radius 2 is 1.63 bits per heavy atom. The van der Waals surface area contributed by atoms with Crippen LogP contribution in [-0.2, 0) is 37.3 Å². The van der Waals surface area contributed by atoms with Crippen molar-refractivity contribution in [2.24, 2.45) is 14.1 Å². The zero-order chi connectivity index (χ0) is 26.9. The summed E-state index contributed by atoms with van der Waals surface area (Å²) >= 11 is 0. The summed E-state index contributed by atoms with van der Waals surface area (Å²) in [7, 11) is -0.706. The van der Waals surface area contributed by atoms with Gasteiger partial charge in [-0.3, -0.25) is 18.5 Å². The predicted octanol–water partition coefficient (Wildman–Crippen LogP) is 4.27. The normalized spacial score (nSPS) is 11.6. The van der Waals surface area contributed by atoms with Crippen LogP contribution < -0.4 is 19.9 Å². The van der Waals surface area contributed by atoms with Gasteiger partial charge in [-0.05, 0) is 30.7 Å². The number of hydrogen-bond donors (Lipinski definition) is 1. The molecule has 0 bridgehead atoms. The molecule has 0 saturated heterocycles. The molecule has 0 fully saturated rings. The standard InChI is InChI=1S/C27H27N5O5S/c1-4-32-17-22(16-28-32)38(34,35)29-23-14-24-25(31(3)27(33)30(24)2)15-26(23)37-21-12-8-11-20(13-21)36-18-19-9-6-5-7-10-19/h5-17,29H,4,18H2,1-3H3. The third-order valence-electron chi connectivity index (χ3n) is 6.14. The molecule has 0 atom stereocenters. The van der Waals surface area contributed by atoms with E-state index >= 15 is 0 Å². The van der Waals surface area contributed by atoms with Gasteiger partial charge in [-0.1, -0.05) is 36.4 Å². The molecule has 2 aromatic heterocycles. The molecule has 2 heterocycles. The summed E-state index contributed by atoms with van der Waals surface area (Å²) in [4.78, 5) is 12.6. The van der Waals surface area contributed by atoms with Crippen molar-refractivity contribution in [3.8, 4) is 17.2 Å². The minimum absolute atomic E-state index is 0.0173. The maximum atomic E-state index is 13.2. The highest BCUT2D eigenvalue weighted by atomic mass is 32.2. The van der Waals surface area contributed by atoms with Gasteiger partial charge in [0.05, 0.1) is 22.9 Å². The number of nitrogens with one attached hydrogen (secondary N) is 1. The monoisotopic (exact) mass is 533 g/mol. The predicted molar refractivity (Wildman–Crippen MR) is 144 cm³/mol. The third-order valence-corrected chi connectivity index (χ3v) is 7.46. The lowest BCUT2D eigenvalue weighted by atomic mass is 10.2. The molecule has 0 radical (unpaired) electrons. The highest BCUT2D eigenvalue weighted by Crippen LogP contribution is 2.36. The molecule has 196 valence electrons. The van der Waals surface area contributed by atoms with Crippen molar-refractivity contribution in [2.75, 3.05) is 4.72 Å². The minimum Gasteiger partial charge on any atom is -0.489 e. The number of sulfonamides is 1. The molecular formula is C27H27N5O5S. The van der Waals surface area contributed by atoms with E-state index < -0.39 is 10.0 Å². The molecule has 0 spiro atoms. The Morgan fingerprint density at radius 1 is 0.921 bits per heavy atom. The number of imidazole rings is 1. The number of nitrogens with zero attached hydrogens (tertiary/aromatic N) is 4. The molecule has 0 unspecified atom stereocenters. The van der Waals surface area contributed by atoms with E-state index in [2.05, 4.69) is 9.82 Å². The topological polar surface area (TPSA) is 109 Å². The van der Waals surface area contributed by atoms with Gasteiger partial charge in [0.25, 0.3) is 10.0 Å². The first kappa shape index (κ1) is 25.2. The van der Waals surface area contributed by atoms with Crippen molar-refractivity contribution in [1.82, 2.24) is 18.9 Å². The first-order valence-electron chi connectivity index (χ1n) is 11.9. The Kier molecular flexibility index (Phi) is 6.68. The van der Waals surface area contributed by atoms with E-state index in [0.717, 1.165) is 5.56 Å². The lowest BCUT2D eigenvalue weighted by Gasteiger charge is -2.15. The summed E-state index contributed by atoms with van der Waals surface area (Å²) in [6, 6.07) is 20.1. The second-order valence-electron chi connectivity index (χ2n) is 8.73. The van der Waals surface area contributed by atoms with Gasteiger partial charge in [-0.25, -0.2) is 13.2 Å². The number of anilines is 1. The van der Waals surface area contributed by atoms with E-state index in [1.807, 2.05) is 43.3 Å². The fourth-order valence-electron chi connectivity index (χ4n) is 4.05. The fourth-order valence-corrected chi connectivity index (χ4v) is 5.06. The lowest BCUT2D eigenvalue weighted by Crippen LogP contribution is -2.19. The summed E-state index contributed by atoms with van der Waals surface area (Å²) < 4.78 is 45.5. The van der Waals surface area contributed by atoms with Crippen molar-refractivity contribution < 1.29 is 17.9 Å². The molecule has 0 aliphatic heterocycles. The minimum atomic E-state index is -3.98. The first-order valence-corrected chi connectivity index (χ1v) is 13.4. The number of hydrogen-bond acceptors (Lipinski definition) is 6. The average molecular weight is 534 g/mol. The average Bonchev–Trinajstić information content (AvgIpc) is 3.49. The summed E-state index contributed by atoms with van der Waals surface area (Å²) in [5.41, 5.74) is 2.10. The second kappa shape index (κ2) is 10.1. The summed E-state index contributed by atoms with van der Waals surface area (Å²) in [6.07, 6.45) is 2.74. The van der Waals surface area contributed by atoms with E-state index in [9.17, 15) is 13.2 Å². The first-order chi connectivity index (χ1) is 18.2. The van der Waals surface area contributed by atoms with E-state index in [0.29, 0.717) is 35.7 Å². The van der Waals surface area contributed by atoms with Crippen LogP contribution in [0.25, 0.3) is 11.0 Å². The van der Waals surface area contributed by atoms with Crippen LogP contribution in [0.2, 0.25) is 0 Å².